The van der Waals surface area contributed by atoms with E-state index in [1.807, 2.05) is 53.2 Å². The highest BCUT2D eigenvalue weighted by Gasteiger charge is 2.18. The number of para-hydroxylation sites is 1. The Balaban J connectivity index is 2.23. The number of rotatable bonds is 4. The molecule has 1 N–H and O–H groups in total. The van der Waals surface area contributed by atoms with Crippen LogP contribution in [0, 0.1) is 0 Å². The standard InChI is InChI=1S/C18H18N2O/c1-2-9-16-17(14-10-5-3-6-11-14)20(19-18(16)21)15-12-7-4-8-13-15/h3-8,10-13H,2,9H2,1H3,(H,19,21). The van der Waals surface area contributed by atoms with Gasteiger partial charge in [-0.2, -0.15) is 0 Å². The summed E-state index contributed by atoms with van der Waals surface area (Å²) in [4.78, 5) is 0. The molecule has 0 radical (unpaired) electrons. The van der Waals surface area contributed by atoms with Crippen LogP contribution in [0.1, 0.15) is 18.9 Å². The molecular weight excluding hydrogens is 260 g/mol. The molecule has 2 aromatic carbocycles. The second kappa shape index (κ2) is 5.83. The predicted molar refractivity (Wildman–Crippen MR) is 84.7 cm³/mol. The van der Waals surface area contributed by atoms with Gasteiger partial charge in [-0.3, -0.25) is 0 Å². The number of hydrogen-bond donors (Lipinski definition) is 1. The molecule has 0 fully saturated rings. The number of aromatic hydroxyl groups is 1. The first-order valence-electron chi connectivity index (χ1n) is 7.23. The second-order valence-corrected chi connectivity index (χ2v) is 5.01. The summed E-state index contributed by atoms with van der Waals surface area (Å²) in [6, 6.07) is 20.0. The average Bonchev–Trinajstić information content (AvgIpc) is 2.86. The van der Waals surface area contributed by atoms with Gasteiger partial charge in [0, 0.05) is 11.1 Å². The van der Waals surface area contributed by atoms with Crippen molar-refractivity contribution in [1.82, 2.24) is 9.78 Å². The van der Waals surface area contributed by atoms with Gasteiger partial charge in [-0.1, -0.05) is 61.9 Å². The van der Waals surface area contributed by atoms with E-state index in [-0.39, 0.29) is 5.88 Å². The quantitative estimate of drug-likeness (QED) is 0.776. The summed E-state index contributed by atoms with van der Waals surface area (Å²) in [6.07, 6.45) is 1.77. The summed E-state index contributed by atoms with van der Waals surface area (Å²) < 4.78 is 1.83. The lowest BCUT2D eigenvalue weighted by molar-refractivity contribution is 0.442. The fraction of sp³-hybridized carbons (Fsp3) is 0.167. The molecule has 0 spiro atoms. The molecule has 0 saturated heterocycles. The van der Waals surface area contributed by atoms with Crippen LogP contribution in [0.5, 0.6) is 5.88 Å². The van der Waals surface area contributed by atoms with E-state index in [0.29, 0.717) is 0 Å². The largest absolute Gasteiger partial charge is 0.492 e. The van der Waals surface area contributed by atoms with Crippen molar-refractivity contribution in [3.05, 3.63) is 66.2 Å². The molecular formula is C18H18N2O. The minimum absolute atomic E-state index is 0.125. The Labute approximate surface area is 124 Å². The van der Waals surface area contributed by atoms with Crippen LogP contribution in [0.25, 0.3) is 16.9 Å². The zero-order chi connectivity index (χ0) is 14.7. The predicted octanol–water partition coefficient (Wildman–Crippen LogP) is 4.20. The molecule has 3 rings (SSSR count). The Hall–Kier alpha value is -2.55. The summed E-state index contributed by atoms with van der Waals surface area (Å²) in [5.41, 5.74) is 3.90. The van der Waals surface area contributed by atoms with Gasteiger partial charge < -0.3 is 5.11 Å². The third-order valence-corrected chi connectivity index (χ3v) is 3.51. The van der Waals surface area contributed by atoms with E-state index in [0.717, 1.165) is 35.3 Å². The molecule has 1 aromatic heterocycles. The van der Waals surface area contributed by atoms with E-state index >= 15 is 0 Å². The number of benzene rings is 2. The van der Waals surface area contributed by atoms with E-state index in [2.05, 4.69) is 24.2 Å². The lowest BCUT2D eigenvalue weighted by atomic mass is 10.0. The van der Waals surface area contributed by atoms with E-state index in [1.54, 1.807) is 0 Å². The molecule has 0 amide bonds. The van der Waals surface area contributed by atoms with Crippen molar-refractivity contribution < 1.29 is 5.11 Å². The van der Waals surface area contributed by atoms with Crippen molar-refractivity contribution >= 4 is 0 Å². The van der Waals surface area contributed by atoms with Gasteiger partial charge in [0.2, 0.25) is 5.88 Å². The summed E-state index contributed by atoms with van der Waals surface area (Å²) in [7, 11) is 0. The van der Waals surface area contributed by atoms with E-state index in [9.17, 15) is 5.11 Å². The monoisotopic (exact) mass is 278 g/mol. The Morgan fingerprint density at radius 1 is 0.952 bits per heavy atom. The molecule has 0 bridgehead atoms. The summed E-state index contributed by atoms with van der Waals surface area (Å²) in [6.45, 7) is 2.11. The highest BCUT2D eigenvalue weighted by Crippen LogP contribution is 2.33. The second-order valence-electron chi connectivity index (χ2n) is 5.01. The van der Waals surface area contributed by atoms with Crippen LogP contribution in [-0.4, -0.2) is 14.9 Å². The van der Waals surface area contributed by atoms with Gasteiger partial charge in [0.15, 0.2) is 0 Å². The van der Waals surface area contributed by atoms with Gasteiger partial charge in [-0.05, 0) is 18.6 Å². The minimum Gasteiger partial charge on any atom is -0.492 e. The number of aromatic nitrogens is 2. The maximum atomic E-state index is 10.2. The van der Waals surface area contributed by atoms with Gasteiger partial charge in [-0.25, -0.2) is 4.68 Å². The minimum atomic E-state index is 0.125. The van der Waals surface area contributed by atoms with Gasteiger partial charge in [0.1, 0.15) is 0 Å². The first-order chi connectivity index (χ1) is 10.3. The van der Waals surface area contributed by atoms with Crippen molar-refractivity contribution in [3.63, 3.8) is 0 Å². The normalized spacial score (nSPS) is 10.7. The summed E-state index contributed by atoms with van der Waals surface area (Å²) in [5, 5.41) is 14.6. The van der Waals surface area contributed by atoms with Crippen LogP contribution < -0.4 is 0 Å². The van der Waals surface area contributed by atoms with E-state index < -0.39 is 0 Å². The summed E-state index contributed by atoms with van der Waals surface area (Å²) in [5.74, 6) is 0.125. The number of nitrogens with zero attached hydrogens (tertiary/aromatic N) is 2. The molecule has 3 heteroatoms. The SMILES string of the molecule is CCCc1c(O)nn(-c2ccccc2)c1-c1ccccc1. The first-order valence-corrected chi connectivity index (χ1v) is 7.23. The molecule has 0 unspecified atom stereocenters. The van der Waals surface area contributed by atoms with E-state index in [1.165, 1.54) is 0 Å². The Bertz CT molecular complexity index is 718. The lowest BCUT2D eigenvalue weighted by Crippen LogP contribution is -1.99. The topological polar surface area (TPSA) is 38.1 Å². The molecule has 0 aliphatic rings. The lowest BCUT2D eigenvalue weighted by Gasteiger charge is -2.09. The Morgan fingerprint density at radius 2 is 1.57 bits per heavy atom. The summed E-state index contributed by atoms with van der Waals surface area (Å²) >= 11 is 0. The Kier molecular flexibility index (Phi) is 3.73. The van der Waals surface area contributed by atoms with Crippen molar-refractivity contribution in [1.29, 1.82) is 0 Å². The zero-order valence-corrected chi connectivity index (χ0v) is 12.0. The molecule has 3 aromatic rings. The van der Waals surface area contributed by atoms with Crippen molar-refractivity contribution in [2.75, 3.05) is 0 Å². The van der Waals surface area contributed by atoms with Gasteiger partial charge in [-0.15, -0.1) is 5.10 Å². The van der Waals surface area contributed by atoms with Crippen LogP contribution in [0.3, 0.4) is 0 Å². The van der Waals surface area contributed by atoms with Crippen molar-refractivity contribution in [3.8, 4) is 22.8 Å². The molecule has 21 heavy (non-hydrogen) atoms. The van der Waals surface area contributed by atoms with Gasteiger partial charge >= 0.3 is 0 Å². The van der Waals surface area contributed by atoms with Crippen LogP contribution in [0.2, 0.25) is 0 Å². The van der Waals surface area contributed by atoms with Crippen LogP contribution in [-0.2, 0) is 6.42 Å². The smallest absolute Gasteiger partial charge is 0.234 e. The third-order valence-electron chi connectivity index (χ3n) is 3.51. The fourth-order valence-corrected chi connectivity index (χ4v) is 2.57. The average molecular weight is 278 g/mol. The molecule has 0 atom stereocenters. The maximum absolute atomic E-state index is 10.2. The van der Waals surface area contributed by atoms with Crippen LogP contribution in [0.4, 0.5) is 0 Å². The Morgan fingerprint density at radius 3 is 2.19 bits per heavy atom. The third kappa shape index (κ3) is 2.55. The molecule has 106 valence electrons. The molecule has 0 aliphatic carbocycles. The fourth-order valence-electron chi connectivity index (χ4n) is 2.57. The van der Waals surface area contributed by atoms with Crippen LogP contribution >= 0.6 is 0 Å². The van der Waals surface area contributed by atoms with Crippen molar-refractivity contribution in [2.45, 2.75) is 19.8 Å². The first kappa shape index (κ1) is 13.4. The van der Waals surface area contributed by atoms with Gasteiger partial charge in [0.05, 0.1) is 11.4 Å². The number of hydrogen-bond acceptors (Lipinski definition) is 2. The molecule has 1 heterocycles. The van der Waals surface area contributed by atoms with Gasteiger partial charge in [0.25, 0.3) is 0 Å². The molecule has 0 aliphatic heterocycles. The molecule has 0 saturated carbocycles. The zero-order valence-electron chi connectivity index (χ0n) is 12.0. The highest BCUT2D eigenvalue weighted by molar-refractivity contribution is 5.68. The highest BCUT2D eigenvalue weighted by atomic mass is 16.3. The van der Waals surface area contributed by atoms with Crippen LogP contribution in [0.15, 0.2) is 60.7 Å². The van der Waals surface area contributed by atoms with Crippen molar-refractivity contribution in [2.24, 2.45) is 0 Å². The molecule has 3 nitrogen and oxygen atoms in total. The maximum Gasteiger partial charge on any atom is 0.234 e. The van der Waals surface area contributed by atoms with E-state index in [4.69, 9.17) is 0 Å².